The molecule has 1 aliphatic rings. The number of hydrogen-bond acceptors (Lipinski definition) is 5. The quantitative estimate of drug-likeness (QED) is 0.430. The molecule has 0 aromatic carbocycles. The van der Waals surface area contributed by atoms with Crippen LogP contribution in [0, 0.1) is 10.1 Å². The molecule has 1 aliphatic heterocycles. The third kappa shape index (κ3) is 1.86. The molecule has 0 saturated carbocycles. The van der Waals surface area contributed by atoms with Crippen molar-refractivity contribution in [1.82, 2.24) is 15.1 Å². The lowest BCUT2D eigenvalue weighted by Gasteiger charge is -2.28. The number of amides is 1. The molecule has 8 nitrogen and oxygen atoms in total. The molecule has 0 unspecified atom stereocenters. The Morgan fingerprint density at radius 1 is 1.71 bits per heavy atom. The van der Waals surface area contributed by atoms with Gasteiger partial charge in [-0.25, -0.2) is 0 Å². The van der Waals surface area contributed by atoms with Crippen LogP contribution >= 0.6 is 0 Å². The van der Waals surface area contributed by atoms with E-state index in [2.05, 4.69) is 15.7 Å². The fourth-order valence-electron chi connectivity index (χ4n) is 1.88. The molecule has 0 atom stereocenters. The van der Waals surface area contributed by atoms with E-state index in [-0.39, 0.29) is 17.5 Å². The van der Waals surface area contributed by atoms with Crippen LogP contribution < -0.4 is 10.6 Å². The van der Waals surface area contributed by atoms with Gasteiger partial charge < -0.3 is 10.6 Å². The van der Waals surface area contributed by atoms with Crippen molar-refractivity contribution in [1.29, 1.82) is 0 Å². The normalized spacial score (nSPS) is 15.4. The summed E-state index contributed by atoms with van der Waals surface area (Å²) in [6, 6.07) is 0.130. The summed E-state index contributed by atoms with van der Waals surface area (Å²) in [7, 11) is 0. The van der Waals surface area contributed by atoms with Gasteiger partial charge in [0.2, 0.25) is 12.2 Å². The minimum atomic E-state index is -0.500. The fourth-order valence-corrected chi connectivity index (χ4v) is 1.88. The van der Waals surface area contributed by atoms with Crippen LogP contribution in [0.15, 0.2) is 0 Å². The molecule has 2 N–H and O–H groups in total. The van der Waals surface area contributed by atoms with Gasteiger partial charge in [0.15, 0.2) is 0 Å². The van der Waals surface area contributed by atoms with Gasteiger partial charge in [-0.2, -0.15) is 0 Å². The predicted octanol–water partition coefficient (Wildman–Crippen LogP) is 0.0663. The van der Waals surface area contributed by atoms with Crippen LogP contribution in [0.2, 0.25) is 0 Å². The van der Waals surface area contributed by atoms with Crippen LogP contribution in [0.3, 0.4) is 0 Å². The van der Waals surface area contributed by atoms with Gasteiger partial charge in [0.25, 0.3) is 0 Å². The van der Waals surface area contributed by atoms with Gasteiger partial charge >= 0.3 is 5.69 Å². The molecule has 1 aromatic heterocycles. The molecule has 2 rings (SSSR count). The van der Waals surface area contributed by atoms with Crippen molar-refractivity contribution in [2.75, 3.05) is 18.4 Å². The number of anilines is 1. The van der Waals surface area contributed by atoms with E-state index in [0.717, 1.165) is 13.1 Å². The largest absolute Gasteiger partial charge is 0.334 e. The standard InChI is InChI=1S/C9H13N5O3/c1-2-7-8(14(16)17)9(11-5-15)12-13(7)6-3-10-4-6/h5-6,10H,2-4H2,1H3,(H,11,12,15). The Morgan fingerprint density at radius 2 is 2.41 bits per heavy atom. The Bertz CT molecular complexity index is 452. The SMILES string of the molecule is CCc1c([N+](=O)[O-])c(NC=O)nn1C1CNC1. The summed E-state index contributed by atoms with van der Waals surface area (Å²) in [5, 5.41) is 20.5. The average Bonchev–Trinajstić information content (AvgIpc) is 2.54. The molecular formula is C9H13N5O3. The van der Waals surface area contributed by atoms with Crippen LogP contribution in [-0.2, 0) is 11.2 Å². The highest BCUT2D eigenvalue weighted by Crippen LogP contribution is 2.31. The monoisotopic (exact) mass is 239 g/mol. The molecule has 1 amide bonds. The molecule has 17 heavy (non-hydrogen) atoms. The first-order valence-electron chi connectivity index (χ1n) is 5.35. The highest BCUT2D eigenvalue weighted by molar-refractivity contribution is 5.75. The van der Waals surface area contributed by atoms with Crippen molar-refractivity contribution in [3.8, 4) is 0 Å². The van der Waals surface area contributed by atoms with Gasteiger partial charge in [-0.3, -0.25) is 19.6 Å². The van der Waals surface area contributed by atoms with Crippen LogP contribution in [0.5, 0.6) is 0 Å². The third-order valence-corrected chi connectivity index (χ3v) is 2.80. The van der Waals surface area contributed by atoms with Crippen molar-refractivity contribution >= 4 is 17.9 Å². The summed E-state index contributed by atoms with van der Waals surface area (Å²) in [5.74, 6) is 0.0220. The summed E-state index contributed by atoms with van der Waals surface area (Å²) in [5.41, 5.74) is 0.442. The second-order valence-corrected chi connectivity index (χ2v) is 3.77. The molecule has 0 bridgehead atoms. The number of carbonyl (C=O) groups is 1. The molecule has 0 spiro atoms. The van der Waals surface area contributed by atoms with Gasteiger partial charge in [0.1, 0.15) is 5.69 Å². The lowest BCUT2D eigenvalue weighted by Crippen LogP contribution is -2.44. The van der Waals surface area contributed by atoms with Crippen molar-refractivity contribution in [3.05, 3.63) is 15.8 Å². The number of rotatable bonds is 5. The average molecular weight is 239 g/mol. The Morgan fingerprint density at radius 3 is 2.82 bits per heavy atom. The minimum absolute atomic E-state index is 0.0220. The van der Waals surface area contributed by atoms with Crippen molar-refractivity contribution in [2.24, 2.45) is 0 Å². The van der Waals surface area contributed by atoms with Crippen LogP contribution in [0.1, 0.15) is 18.7 Å². The van der Waals surface area contributed by atoms with Crippen molar-refractivity contribution in [2.45, 2.75) is 19.4 Å². The lowest BCUT2D eigenvalue weighted by atomic mass is 10.1. The number of aromatic nitrogens is 2. The van der Waals surface area contributed by atoms with E-state index in [1.807, 2.05) is 6.92 Å². The van der Waals surface area contributed by atoms with Crippen molar-refractivity contribution < 1.29 is 9.72 Å². The van der Waals surface area contributed by atoms with E-state index >= 15 is 0 Å². The second-order valence-electron chi connectivity index (χ2n) is 3.77. The van der Waals surface area contributed by atoms with E-state index < -0.39 is 4.92 Å². The predicted molar refractivity (Wildman–Crippen MR) is 59.9 cm³/mol. The van der Waals surface area contributed by atoms with E-state index in [0.29, 0.717) is 18.5 Å². The highest BCUT2D eigenvalue weighted by atomic mass is 16.6. The number of carbonyl (C=O) groups excluding carboxylic acids is 1. The minimum Gasteiger partial charge on any atom is -0.312 e. The molecule has 1 saturated heterocycles. The second kappa shape index (κ2) is 4.50. The molecule has 1 aromatic rings. The Labute approximate surface area is 97.1 Å². The highest BCUT2D eigenvalue weighted by Gasteiger charge is 2.31. The van der Waals surface area contributed by atoms with E-state index in [9.17, 15) is 14.9 Å². The Balaban J connectivity index is 2.48. The summed E-state index contributed by atoms with van der Waals surface area (Å²) >= 11 is 0. The first-order valence-corrected chi connectivity index (χ1v) is 5.35. The molecule has 1 fully saturated rings. The van der Waals surface area contributed by atoms with Gasteiger partial charge in [-0.1, -0.05) is 6.92 Å². The molecular weight excluding hydrogens is 226 g/mol. The maximum absolute atomic E-state index is 11.0. The van der Waals surface area contributed by atoms with E-state index in [1.54, 1.807) is 4.68 Å². The lowest BCUT2D eigenvalue weighted by molar-refractivity contribution is -0.384. The number of nitrogens with zero attached hydrogens (tertiary/aromatic N) is 3. The fraction of sp³-hybridized carbons (Fsp3) is 0.556. The van der Waals surface area contributed by atoms with Gasteiger partial charge in [0.05, 0.1) is 11.0 Å². The zero-order valence-corrected chi connectivity index (χ0v) is 9.34. The first-order chi connectivity index (χ1) is 8.19. The zero-order valence-electron chi connectivity index (χ0n) is 9.34. The zero-order chi connectivity index (χ0) is 12.4. The smallest absolute Gasteiger partial charge is 0.312 e. The summed E-state index contributed by atoms with van der Waals surface area (Å²) in [4.78, 5) is 20.9. The molecule has 2 heterocycles. The molecule has 0 radical (unpaired) electrons. The van der Waals surface area contributed by atoms with Crippen LogP contribution in [0.25, 0.3) is 0 Å². The summed E-state index contributed by atoms with van der Waals surface area (Å²) < 4.78 is 1.64. The van der Waals surface area contributed by atoms with E-state index in [4.69, 9.17) is 0 Å². The van der Waals surface area contributed by atoms with Gasteiger partial charge in [-0.15, -0.1) is 5.10 Å². The van der Waals surface area contributed by atoms with Crippen molar-refractivity contribution in [3.63, 3.8) is 0 Å². The number of nitrogens with one attached hydrogen (secondary N) is 2. The van der Waals surface area contributed by atoms with Gasteiger partial charge in [0, 0.05) is 13.1 Å². The summed E-state index contributed by atoms with van der Waals surface area (Å²) in [6.45, 7) is 3.32. The number of hydrogen-bond donors (Lipinski definition) is 2. The van der Waals surface area contributed by atoms with E-state index in [1.165, 1.54) is 0 Å². The molecule has 0 aliphatic carbocycles. The van der Waals surface area contributed by atoms with Gasteiger partial charge in [-0.05, 0) is 6.42 Å². The third-order valence-electron chi connectivity index (χ3n) is 2.80. The summed E-state index contributed by atoms with van der Waals surface area (Å²) in [6.07, 6.45) is 0.901. The first kappa shape index (κ1) is 11.5. The maximum Gasteiger partial charge on any atom is 0.334 e. The van der Waals surface area contributed by atoms with Crippen LogP contribution in [-0.4, -0.2) is 34.2 Å². The maximum atomic E-state index is 11.0. The topological polar surface area (TPSA) is 102 Å². The number of nitro groups is 1. The Hall–Kier alpha value is -1.96. The Kier molecular flexibility index (Phi) is 3.05. The molecule has 8 heteroatoms. The van der Waals surface area contributed by atoms with Crippen LogP contribution in [0.4, 0.5) is 11.5 Å². The molecule has 92 valence electrons.